The average molecular weight is 331 g/mol. The molecule has 1 unspecified atom stereocenters. The predicted molar refractivity (Wildman–Crippen MR) is 90.5 cm³/mol. The Morgan fingerprint density at radius 1 is 1.26 bits per heavy atom. The van der Waals surface area contributed by atoms with Crippen LogP contribution < -0.4 is 5.32 Å². The van der Waals surface area contributed by atoms with E-state index in [4.69, 9.17) is 0 Å². The van der Waals surface area contributed by atoms with E-state index in [2.05, 4.69) is 37.4 Å². The number of aromatic nitrogens is 4. The first-order chi connectivity index (χ1) is 10.9. The van der Waals surface area contributed by atoms with E-state index in [-0.39, 0.29) is 12.4 Å². The first-order valence-electron chi connectivity index (χ1n) is 7.53. The Balaban J connectivity index is 0.00000156. The van der Waals surface area contributed by atoms with Gasteiger partial charge in [0.1, 0.15) is 0 Å². The zero-order valence-corrected chi connectivity index (χ0v) is 13.5. The van der Waals surface area contributed by atoms with Crippen LogP contribution in [-0.4, -0.2) is 43.9 Å². The summed E-state index contributed by atoms with van der Waals surface area (Å²) < 4.78 is 1.97. The van der Waals surface area contributed by atoms with E-state index in [9.17, 15) is 0 Å². The van der Waals surface area contributed by atoms with Gasteiger partial charge in [0.05, 0.1) is 5.69 Å². The Kier molecular flexibility index (Phi) is 4.85. The van der Waals surface area contributed by atoms with Crippen LogP contribution in [0.5, 0.6) is 0 Å². The molecule has 3 aromatic heterocycles. The Labute approximate surface area is 141 Å². The van der Waals surface area contributed by atoms with Crippen LogP contribution in [0.2, 0.25) is 0 Å². The van der Waals surface area contributed by atoms with E-state index in [0.717, 1.165) is 37.7 Å². The Morgan fingerprint density at radius 3 is 3.04 bits per heavy atom. The number of hydrogen-bond acceptors (Lipinski definition) is 5. The lowest BCUT2D eigenvalue weighted by molar-refractivity contribution is 0.152. The van der Waals surface area contributed by atoms with Crippen molar-refractivity contribution in [3.05, 3.63) is 60.4 Å². The summed E-state index contributed by atoms with van der Waals surface area (Å²) in [6.07, 6.45) is 9.59. The largest absolute Gasteiger partial charge is 0.314 e. The standard InChI is InChI=1S/C16H18N6.ClH/c1-3-13(9-17-4-1)15-10-18-6-8-21(15)11-14-12-22-7-2-5-19-16(22)20-14;/h1-5,7,9,12,15,18H,6,8,10-11H2;1H. The second kappa shape index (κ2) is 7.04. The van der Waals surface area contributed by atoms with Gasteiger partial charge in [0.2, 0.25) is 5.78 Å². The van der Waals surface area contributed by atoms with Crippen LogP contribution in [0.1, 0.15) is 17.3 Å². The van der Waals surface area contributed by atoms with Crippen molar-refractivity contribution in [1.29, 1.82) is 0 Å². The van der Waals surface area contributed by atoms with Crippen molar-refractivity contribution >= 4 is 18.2 Å². The summed E-state index contributed by atoms with van der Waals surface area (Å²) in [7, 11) is 0. The molecular formula is C16H19ClN6. The summed E-state index contributed by atoms with van der Waals surface area (Å²) in [5.74, 6) is 0.755. The SMILES string of the molecule is Cl.c1cncc(C2CNCCN2Cc2cn3cccnc3n2)c1. The van der Waals surface area contributed by atoms with E-state index in [0.29, 0.717) is 6.04 Å². The summed E-state index contributed by atoms with van der Waals surface area (Å²) in [4.78, 5) is 15.6. The molecule has 0 bridgehead atoms. The normalized spacial score (nSPS) is 18.7. The highest BCUT2D eigenvalue weighted by atomic mass is 35.5. The number of hydrogen-bond donors (Lipinski definition) is 1. The van der Waals surface area contributed by atoms with Crippen LogP contribution in [0.4, 0.5) is 0 Å². The van der Waals surface area contributed by atoms with E-state index < -0.39 is 0 Å². The Bertz CT molecular complexity index is 726. The van der Waals surface area contributed by atoms with E-state index in [1.165, 1.54) is 5.56 Å². The molecule has 1 fully saturated rings. The molecule has 7 heteroatoms. The molecule has 0 aromatic carbocycles. The van der Waals surface area contributed by atoms with Gasteiger partial charge in [-0.1, -0.05) is 6.07 Å². The van der Waals surface area contributed by atoms with Crippen LogP contribution in [0.25, 0.3) is 5.78 Å². The Hall–Kier alpha value is -2.02. The third kappa shape index (κ3) is 3.34. The smallest absolute Gasteiger partial charge is 0.233 e. The van der Waals surface area contributed by atoms with Crippen LogP contribution in [-0.2, 0) is 6.54 Å². The number of nitrogens with zero attached hydrogens (tertiary/aromatic N) is 5. The molecule has 1 aliphatic rings. The summed E-state index contributed by atoms with van der Waals surface area (Å²) in [5, 5.41) is 3.47. The molecule has 4 rings (SSSR count). The fraction of sp³-hybridized carbons (Fsp3) is 0.312. The van der Waals surface area contributed by atoms with Crippen LogP contribution in [0.3, 0.4) is 0 Å². The molecule has 1 aliphatic heterocycles. The van der Waals surface area contributed by atoms with E-state index in [1.807, 2.05) is 35.1 Å². The number of imidazole rings is 1. The summed E-state index contributed by atoms with van der Waals surface area (Å²) in [6, 6.07) is 6.39. The van der Waals surface area contributed by atoms with Crippen molar-refractivity contribution in [2.45, 2.75) is 12.6 Å². The van der Waals surface area contributed by atoms with Crippen molar-refractivity contribution in [2.75, 3.05) is 19.6 Å². The zero-order chi connectivity index (χ0) is 14.8. The zero-order valence-electron chi connectivity index (χ0n) is 12.7. The molecule has 23 heavy (non-hydrogen) atoms. The number of pyridine rings is 1. The molecule has 0 spiro atoms. The quantitative estimate of drug-likeness (QED) is 0.792. The minimum atomic E-state index is 0. The lowest BCUT2D eigenvalue weighted by Crippen LogP contribution is -2.45. The maximum Gasteiger partial charge on any atom is 0.233 e. The number of fused-ring (bicyclic) bond motifs is 1. The molecule has 4 heterocycles. The van der Waals surface area contributed by atoms with Gasteiger partial charge in [0.25, 0.3) is 0 Å². The molecule has 0 aliphatic carbocycles. The lowest BCUT2D eigenvalue weighted by Gasteiger charge is -2.35. The van der Waals surface area contributed by atoms with Crippen molar-refractivity contribution in [2.24, 2.45) is 0 Å². The van der Waals surface area contributed by atoms with E-state index in [1.54, 1.807) is 6.20 Å². The average Bonchev–Trinajstić information content (AvgIpc) is 2.98. The molecule has 0 saturated carbocycles. The van der Waals surface area contributed by atoms with Gasteiger partial charge in [-0.25, -0.2) is 9.97 Å². The Morgan fingerprint density at radius 2 is 2.22 bits per heavy atom. The number of rotatable bonds is 3. The van der Waals surface area contributed by atoms with Gasteiger partial charge in [0.15, 0.2) is 0 Å². The van der Waals surface area contributed by atoms with Gasteiger partial charge in [0, 0.05) is 63.2 Å². The molecule has 1 saturated heterocycles. The second-order valence-electron chi connectivity index (χ2n) is 5.54. The summed E-state index contributed by atoms with van der Waals surface area (Å²) >= 11 is 0. The lowest BCUT2D eigenvalue weighted by atomic mass is 10.1. The molecular weight excluding hydrogens is 312 g/mol. The van der Waals surface area contributed by atoms with Crippen LogP contribution in [0, 0.1) is 0 Å². The molecule has 120 valence electrons. The third-order valence-electron chi connectivity index (χ3n) is 4.07. The fourth-order valence-electron chi connectivity index (χ4n) is 3.00. The van der Waals surface area contributed by atoms with Gasteiger partial charge in [-0.2, -0.15) is 0 Å². The maximum atomic E-state index is 4.61. The minimum Gasteiger partial charge on any atom is -0.314 e. The number of nitrogens with one attached hydrogen (secondary N) is 1. The van der Waals surface area contributed by atoms with Crippen molar-refractivity contribution in [3.63, 3.8) is 0 Å². The fourth-order valence-corrected chi connectivity index (χ4v) is 3.00. The molecule has 1 atom stereocenters. The molecule has 6 nitrogen and oxygen atoms in total. The summed E-state index contributed by atoms with van der Waals surface area (Å²) in [5.41, 5.74) is 2.30. The first-order valence-corrected chi connectivity index (χ1v) is 7.53. The van der Waals surface area contributed by atoms with Gasteiger partial charge >= 0.3 is 0 Å². The maximum absolute atomic E-state index is 4.61. The second-order valence-corrected chi connectivity index (χ2v) is 5.54. The first kappa shape index (κ1) is 15.9. The highest BCUT2D eigenvalue weighted by molar-refractivity contribution is 5.85. The van der Waals surface area contributed by atoms with Crippen LogP contribution in [0.15, 0.2) is 49.2 Å². The topological polar surface area (TPSA) is 58.4 Å². The highest BCUT2D eigenvalue weighted by Gasteiger charge is 2.24. The van der Waals surface area contributed by atoms with Gasteiger partial charge < -0.3 is 5.32 Å². The van der Waals surface area contributed by atoms with Gasteiger partial charge in [-0.3, -0.25) is 14.3 Å². The summed E-state index contributed by atoms with van der Waals surface area (Å²) in [6.45, 7) is 3.77. The van der Waals surface area contributed by atoms with Gasteiger partial charge in [-0.05, 0) is 17.7 Å². The van der Waals surface area contributed by atoms with Crippen molar-refractivity contribution in [1.82, 2.24) is 29.6 Å². The third-order valence-corrected chi connectivity index (χ3v) is 4.07. The number of halogens is 1. The van der Waals surface area contributed by atoms with E-state index >= 15 is 0 Å². The molecule has 3 aromatic rings. The minimum absolute atomic E-state index is 0. The molecule has 0 radical (unpaired) electrons. The van der Waals surface area contributed by atoms with Crippen molar-refractivity contribution in [3.8, 4) is 0 Å². The monoisotopic (exact) mass is 330 g/mol. The molecule has 0 amide bonds. The van der Waals surface area contributed by atoms with Crippen molar-refractivity contribution < 1.29 is 0 Å². The highest BCUT2D eigenvalue weighted by Crippen LogP contribution is 2.23. The predicted octanol–water partition coefficient (Wildman–Crippen LogP) is 1.69. The molecule has 1 N–H and O–H groups in total. The number of piperazine rings is 1. The van der Waals surface area contributed by atoms with Crippen LogP contribution >= 0.6 is 12.4 Å². The van der Waals surface area contributed by atoms with Gasteiger partial charge in [-0.15, -0.1) is 12.4 Å².